The standard InChI is InChI=1S/C15H16N2O3/c18-8-13(19)10-5-6-11-12(7-10)16-14(17-15(11)20)9-3-1-2-4-9/h5-7,9,18H,1-4,8H2,(H,16,17,20). The highest BCUT2D eigenvalue weighted by Gasteiger charge is 2.20. The molecule has 1 aromatic heterocycles. The Morgan fingerprint density at radius 3 is 2.80 bits per heavy atom. The Balaban J connectivity index is 2.12. The number of fused-ring (bicyclic) bond motifs is 1. The van der Waals surface area contributed by atoms with Crippen LogP contribution >= 0.6 is 0 Å². The first-order valence-electron chi connectivity index (χ1n) is 6.87. The summed E-state index contributed by atoms with van der Waals surface area (Å²) < 4.78 is 0. The number of aromatic amines is 1. The Morgan fingerprint density at radius 1 is 1.35 bits per heavy atom. The molecule has 1 aliphatic carbocycles. The van der Waals surface area contributed by atoms with Crippen molar-refractivity contribution in [1.29, 1.82) is 0 Å². The molecule has 5 nitrogen and oxygen atoms in total. The number of Topliss-reactive ketones (excluding diaryl/α,β-unsaturated/α-hetero) is 1. The van der Waals surface area contributed by atoms with Crippen molar-refractivity contribution in [3.05, 3.63) is 39.9 Å². The minimum atomic E-state index is -0.538. The van der Waals surface area contributed by atoms with E-state index in [1.807, 2.05) is 0 Å². The molecule has 0 bridgehead atoms. The molecule has 1 aliphatic rings. The molecule has 0 saturated heterocycles. The zero-order valence-electron chi connectivity index (χ0n) is 11.1. The molecule has 1 saturated carbocycles. The molecule has 0 radical (unpaired) electrons. The van der Waals surface area contributed by atoms with Crippen LogP contribution in [-0.4, -0.2) is 27.5 Å². The van der Waals surface area contributed by atoms with E-state index in [0.29, 0.717) is 28.2 Å². The van der Waals surface area contributed by atoms with Gasteiger partial charge < -0.3 is 10.1 Å². The van der Waals surface area contributed by atoms with Crippen LogP contribution in [0.25, 0.3) is 10.9 Å². The molecule has 2 N–H and O–H groups in total. The average molecular weight is 272 g/mol. The summed E-state index contributed by atoms with van der Waals surface area (Å²) in [6, 6.07) is 4.72. The molecule has 1 heterocycles. The van der Waals surface area contributed by atoms with Gasteiger partial charge in [0.2, 0.25) is 0 Å². The summed E-state index contributed by atoms with van der Waals surface area (Å²) in [5, 5.41) is 9.38. The highest BCUT2D eigenvalue weighted by molar-refractivity contribution is 5.99. The number of nitrogens with zero attached hydrogens (tertiary/aromatic N) is 1. The van der Waals surface area contributed by atoms with Crippen LogP contribution in [0.4, 0.5) is 0 Å². The molecule has 1 fully saturated rings. The molecule has 0 atom stereocenters. The van der Waals surface area contributed by atoms with Crippen LogP contribution in [-0.2, 0) is 0 Å². The van der Waals surface area contributed by atoms with Crippen molar-refractivity contribution in [3.8, 4) is 0 Å². The van der Waals surface area contributed by atoms with Crippen LogP contribution in [0.3, 0.4) is 0 Å². The molecular formula is C15H16N2O3. The third-order valence-electron chi connectivity index (χ3n) is 3.93. The number of aromatic nitrogens is 2. The van der Waals surface area contributed by atoms with Crippen LogP contribution in [0.2, 0.25) is 0 Å². The molecule has 3 rings (SSSR count). The van der Waals surface area contributed by atoms with E-state index in [2.05, 4.69) is 9.97 Å². The highest BCUT2D eigenvalue weighted by Crippen LogP contribution is 2.32. The predicted molar refractivity (Wildman–Crippen MR) is 75.0 cm³/mol. The molecule has 0 amide bonds. The summed E-state index contributed by atoms with van der Waals surface area (Å²) in [6.07, 6.45) is 4.42. The summed E-state index contributed by atoms with van der Waals surface area (Å²) in [5.41, 5.74) is 0.741. The van der Waals surface area contributed by atoms with Crippen LogP contribution in [0.15, 0.2) is 23.0 Å². The number of aliphatic hydroxyl groups excluding tert-OH is 1. The van der Waals surface area contributed by atoms with Gasteiger partial charge in [0.15, 0.2) is 5.78 Å². The van der Waals surface area contributed by atoms with Crippen molar-refractivity contribution in [3.63, 3.8) is 0 Å². The zero-order valence-corrected chi connectivity index (χ0v) is 11.1. The van der Waals surface area contributed by atoms with E-state index in [9.17, 15) is 9.59 Å². The van der Waals surface area contributed by atoms with E-state index in [-0.39, 0.29) is 11.3 Å². The Morgan fingerprint density at radius 2 is 2.10 bits per heavy atom. The number of carbonyl (C=O) groups excluding carboxylic acids is 1. The molecule has 104 valence electrons. The zero-order chi connectivity index (χ0) is 14.1. The molecule has 0 spiro atoms. The number of aliphatic hydroxyl groups is 1. The maximum Gasteiger partial charge on any atom is 0.258 e. The third-order valence-corrected chi connectivity index (χ3v) is 3.93. The van der Waals surface area contributed by atoms with E-state index in [1.165, 1.54) is 0 Å². The van der Waals surface area contributed by atoms with E-state index in [1.54, 1.807) is 18.2 Å². The summed E-state index contributed by atoms with van der Waals surface area (Å²) in [4.78, 5) is 31.0. The average Bonchev–Trinajstić information content (AvgIpc) is 3.00. The van der Waals surface area contributed by atoms with E-state index >= 15 is 0 Å². The third kappa shape index (κ3) is 2.25. The van der Waals surface area contributed by atoms with Crippen molar-refractivity contribution in [2.24, 2.45) is 0 Å². The minimum Gasteiger partial charge on any atom is -0.388 e. The maximum atomic E-state index is 12.1. The number of rotatable bonds is 3. The van der Waals surface area contributed by atoms with Gasteiger partial charge in [-0.3, -0.25) is 9.59 Å². The van der Waals surface area contributed by atoms with Crippen molar-refractivity contribution in [2.45, 2.75) is 31.6 Å². The number of benzene rings is 1. The van der Waals surface area contributed by atoms with Crippen molar-refractivity contribution in [2.75, 3.05) is 6.61 Å². The summed E-state index contributed by atoms with van der Waals surface area (Å²) in [5.74, 6) is 0.661. The first-order valence-corrected chi connectivity index (χ1v) is 6.87. The maximum absolute atomic E-state index is 12.1. The van der Waals surface area contributed by atoms with E-state index in [0.717, 1.165) is 25.7 Å². The summed E-state index contributed by atoms with van der Waals surface area (Å²) in [7, 11) is 0. The van der Waals surface area contributed by atoms with Crippen molar-refractivity contribution in [1.82, 2.24) is 9.97 Å². The van der Waals surface area contributed by atoms with E-state index < -0.39 is 6.61 Å². The number of carbonyl (C=O) groups is 1. The molecular weight excluding hydrogens is 256 g/mol. The number of nitrogens with one attached hydrogen (secondary N) is 1. The van der Waals surface area contributed by atoms with Gasteiger partial charge in [-0.15, -0.1) is 0 Å². The lowest BCUT2D eigenvalue weighted by Gasteiger charge is -2.09. The van der Waals surface area contributed by atoms with Crippen LogP contribution in [0.5, 0.6) is 0 Å². The number of ketones is 1. The van der Waals surface area contributed by atoms with Gasteiger partial charge in [0, 0.05) is 11.5 Å². The fraction of sp³-hybridized carbons (Fsp3) is 0.400. The fourth-order valence-corrected chi connectivity index (χ4v) is 2.81. The van der Waals surface area contributed by atoms with Gasteiger partial charge in [0.05, 0.1) is 10.9 Å². The number of hydrogen-bond acceptors (Lipinski definition) is 4. The van der Waals surface area contributed by atoms with Gasteiger partial charge >= 0.3 is 0 Å². The van der Waals surface area contributed by atoms with Crippen molar-refractivity contribution < 1.29 is 9.90 Å². The molecule has 0 unspecified atom stereocenters. The molecule has 0 aliphatic heterocycles. The van der Waals surface area contributed by atoms with Gasteiger partial charge in [-0.05, 0) is 25.0 Å². The minimum absolute atomic E-state index is 0.167. The monoisotopic (exact) mass is 272 g/mol. The second-order valence-electron chi connectivity index (χ2n) is 5.25. The lowest BCUT2D eigenvalue weighted by molar-refractivity contribution is 0.0904. The van der Waals surface area contributed by atoms with E-state index in [4.69, 9.17) is 5.11 Å². The summed E-state index contributed by atoms with van der Waals surface area (Å²) in [6.45, 7) is -0.538. The normalized spacial score (nSPS) is 15.8. The molecule has 1 aromatic carbocycles. The SMILES string of the molecule is O=C(CO)c1ccc2c(=O)[nH]c(C3CCCC3)nc2c1. The Bertz CT molecular complexity index is 715. The Hall–Kier alpha value is -2.01. The number of H-pyrrole nitrogens is 1. The van der Waals surface area contributed by atoms with Crippen LogP contribution in [0.1, 0.15) is 47.8 Å². The Labute approximate surface area is 115 Å². The topological polar surface area (TPSA) is 83.0 Å². The largest absolute Gasteiger partial charge is 0.388 e. The van der Waals surface area contributed by atoms with Gasteiger partial charge in [0.1, 0.15) is 12.4 Å². The summed E-state index contributed by atoms with van der Waals surface area (Å²) >= 11 is 0. The fourth-order valence-electron chi connectivity index (χ4n) is 2.81. The van der Waals surface area contributed by atoms with Gasteiger partial charge in [-0.2, -0.15) is 0 Å². The molecule has 20 heavy (non-hydrogen) atoms. The Kier molecular flexibility index (Phi) is 3.36. The quantitative estimate of drug-likeness (QED) is 0.834. The first-order chi connectivity index (χ1) is 9.69. The smallest absolute Gasteiger partial charge is 0.258 e. The van der Waals surface area contributed by atoms with Crippen molar-refractivity contribution >= 4 is 16.7 Å². The van der Waals surface area contributed by atoms with Crippen LogP contribution < -0.4 is 5.56 Å². The second kappa shape index (κ2) is 5.17. The predicted octanol–water partition coefficient (Wildman–Crippen LogP) is 1.76. The van der Waals surface area contributed by atoms with Gasteiger partial charge in [0.25, 0.3) is 5.56 Å². The molecule has 5 heteroatoms. The van der Waals surface area contributed by atoms with Gasteiger partial charge in [-0.25, -0.2) is 4.98 Å². The first kappa shape index (κ1) is 13.0. The highest BCUT2D eigenvalue weighted by atomic mass is 16.3. The number of hydrogen-bond donors (Lipinski definition) is 2. The van der Waals surface area contributed by atoms with Gasteiger partial charge in [-0.1, -0.05) is 18.9 Å². The second-order valence-corrected chi connectivity index (χ2v) is 5.25. The van der Waals surface area contributed by atoms with Crippen LogP contribution in [0, 0.1) is 0 Å². The lowest BCUT2D eigenvalue weighted by Crippen LogP contribution is -2.14. The molecule has 2 aromatic rings. The lowest BCUT2D eigenvalue weighted by atomic mass is 10.1.